The molecular weight excluding hydrogens is 192 g/mol. The lowest BCUT2D eigenvalue weighted by Crippen LogP contribution is -1.89. The van der Waals surface area contributed by atoms with Crippen LogP contribution in [0.15, 0.2) is 43.0 Å². The number of benzene rings is 1. The lowest BCUT2D eigenvalue weighted by Gasteiger charge is -2.02. The van der Waals surface area contributed by atoms with E-state index >= 15 is 0 Å². The van der Waals surface area contributed by atoms with Gasteiger partial charge in [-0.1, -0.05) is 48.1 Å². The maximum atomic E-state index is 3.88. The number of allylic oxidation sites excluding steroid dienone is 2. The van der Waals surface area contributed by atoms with Crippen molar-refractivity contribution in [2.45, 2.75) is 26.2 Å². The lowest BCUT2D eigenvalue weighted by molar-refractivity contribution is 0.641. The van der Waals surface area contributed by atoms with Crippen molar-refractivity contribution in [1.29, 1.82) is 0 Å². The highest BCUT2D eigenvalue weighted by molar-refractivity contribution is 5.49. The second-order valence-electron chi connectivity index (χ2n) is 4.84. The molecular formula is C16H20. The molecule has 0 N–H and O–H groups in total. The van der Waals surface area contributed by atoms with Crippen LogP contribution in [-0.4, -0.2) is 0 Å². The van der Waals surface area contributed by atoms with E-state index in [1.165, 1.54) is 30.4 Å². The first kappa shape index (κ1) is 11.2. The zero-order chi connectivity index (χ0) is 11.4. The SMILES string of the molecule is C=CC1CCC(/C=C/c2ccc(C)cc2)C1. The molecule has 0 nitrogen and oxygen atoms in total. The molecule has 0 heterocycles. The normalized spacial score (nSPS) is 25.1. The van der Waals surface area contributed by atoms with Gasteiger partial charge in [0.25, 0.3) is 0 Å². The van der Waals surface area contributed by atoms with E-state index in [1.807, 2.05) is 0 Å². The van der Waals surface area contributed by atoms with Crippen LogP contribution in [0.4, 0.5) is 0 Å². The molecule has 0 heteroatoms. The quantitative estimate of drug-likeness (QED) is 0.642. The molecule has 2 unspecified atom stereocenters. The number of aryl methyl sites for hydroxylation is 1. The molecule has 2 atom stereocenters. The summed E-state index contributed by atoms with van der Waals surface area (Å²) in [5.74, 6) is 1.50. The Morgan fingerprint density at radius 1 is 1.12 bits per heavy atom. The van der Waals surface area contributed by atoms with Crippen molar-refractivity contribution in [3.8, 4) is 0 Å². The molecule has 1 saturated carbocycles. The zero-order valence-electron chi connectivity index (χ0n) is 10.0. The van der Waals surface area contributed by atoms with Gasteiger partial charge in [-0.15, -0.1) is 6.58 Å². The van der Waals surface area contributed by atoms with Gasteiger partial charge in [-0.05, 0) is 43.6 Å². The van der Waals surface area contributed by atoms with Gasteiger partial charge in [0.2, 0.25) is 0 Å². The Labute approximate surface area is 98.7 Å². The molecule has 0 bridgehead atoms. The standard InChI is InChI=1S/C16H20/c1-3-14-8-10-16(12-14)11-9-15-6-4-13(2)5-7-15/h3-7,9,11,14,16H,1,8,10,12H2,2H3/b11-9+. The fraction of sp³-hybridized carbons (Fsp3) is 0.375. The predicted molar refractivity (Wildman–Crippen MR) is 71.2 cm³/mol. The van der Waals surface area contributed by atoms with Crippen molar-refractivity contribution in [2.24, 2.45) is 11.8 Å². The third kappa shape index (κ3) is 2.85. The Balaban J connectivity index is 1.94. The molecule has 1 aliphatic carbocycles. The van der Waals surface area contributed by atoms with Crippen LogP contribution in [0, 0.1) is 18.8 Å². The third-order valence-corrected chi connectivity index (χ3v) is 3.49. The van der Waals surface area contributed by atoms with Crippen LogP contribution in [0.1, 0.15) is 30.4 Å². The molecule has 84 valence electrons. The second-order valence-corrected chi connectivity index (χ2v) is 4.84. The molecule has 16 heavy (non-hydrogen) atoms. The van der Waals surface area contributed by atoms with Gasteiger partial charge in [0.05, 0.1) is 0 Å². The average Bonchev–Trinajstić information content (AvgIpc) is 2.76. The summed E-state index contributed by atoms with van der Waals surface area (Å²) >= 11 is 0. The number of hydrogen-bond acceptors (Lipinski definition) is 0. The van der Waals surface area contributed by atoms with Gasteiger partial charge in [0, 0.05) is 0 Å². The van der Waals surface area contributed by atoms with Crippen molar-refractivity contribution in [3.63, 3.8) is 0 Å². The van der Waals surface area contributed by atoms with Crippen molar-refractivity contribution in [2.75, 3.05) is 0 Å². The van der Waals surface area contributed by atoms with Gasteiger partial charge >= 0.3 is 0 Å². The highest BCUT2D eigenvalue weighted by atomic mass is 14.2. The molecule has 1 aromatic carbocycles. The molecule has 1 aromatic rings. The fourth-order valence-electron chi connectivity index (χ4n) is 2.37. The minimum atomic E-state index is 0.743. The number of hydrogen-bond donors (Lipinski definition) is 0. The van der Waals surface area contributed by atoms with E-state index in [2.05, 4.69) is 56.0 Å². The van der Waals surface area contributed by atoms with E-state index in [0.29, 0.717) is 0 Å². The highest BCUT2D eigenvalue weighted by Gasteiger charge is 2.19. The number of rotatable bonds is 3. The van der Waals surface area contributed by atoms with Crippen molar-refractivity contribution in [1.82, 2.24) is 0 Å². The topological polar surface area (TPSA) is 0 Å². The molecule has 0 amide bonds. The Bertz CT molecular complexity index is 370. The maximum Gasteiger partial charge on any atom is -0.0224 e. The summed E-state index contributed by atoms with van der Waals surface area (Å²) in [4.78, 5) is 0. The summed E-state index contributed by atoms with van der Waals surface area (Å²) in [6.45, 7) is 6.01. The van der Waals surface area contributed by atoms with Gasteiger partial charge in [0.15, 0.2) is 0 Å². The van der Waals surface area contributed by atoms with Crippen molar-refractivity contribution < 1.29 is 0 Å². The van der Waals surface area contributed by atoms with Gasteiger partial charge < -0.3 is 0 Å². The first-order valence-corrected chi connectivity index (χ1v) is 6.15. The predicted octanol–water partition coefficient (Wildman–Crippen LogP) is 4.61. The van der Waals surface area contributed by atoms with Crippen molar-refractivity contribution in [3.05, 3.63) is 54.1 Å². The third-order valence-electron chi connectivity index (χ3n) is 3.49. The Morgan fingerprint density at radius 3 is 2.44 bits per heavy atom. The van der Waals surface area contributed by atoms with Crippen LogP contribution in [0.5, 0.6) is 0 Å². The Kier molecular flexibility index (Phi) is 3.61. The fourth-order valence-corrected chi connectivity index (χ4v) is 2.37. The van der Waals surface area contributed by atoms with Gasteiger partial charge in [0.1, 0.15) is 0 Å². The smallest absolute Gasteiger partial charge is 0.0224 e. The largest absolute Gasteiger partial charge is 0.103 e. The molecule has 2 rings (SSSR count). The van der Waals surface area contributed by atoms with Crippen LogP contribution in [0.3, 0.4) is 0 Å². The van der Waals surface area contributed by atoms with Gasteiger partial charge in [-0.3, -0.25) is 0 Å². The summed E-state index contributed by atoms with van der Waals surface area (Å²) in [5.41, 5.74) is 2.64. The van der Waals surface area contributed by atoms with Crippen molar-refractivity contribution >= 4 is 6.08 Å². The van der Waals surface area contributed by atoms with Crippen LogP contribution in [0.2, 0.25) is 0 Å². The average molecular weight is 212 g/mol. The second kappa shape index (κ2) is 5.16. The van der Waals surface area contributed by atoms with E-state index in [0.717, 1.165) is 11.8 Å². The summed E-state index contributed by atoms with van der Waals surface area (Å²) in [7, 11) is 0. The first-order valence-electron chi connectivity index (χ1n) is 6.15. The van der Waals surface area contributed by atoms with E-state index in [-0.39, 0.29) is 0 Å². The van der Waals surface area contributed by atoms with Gasteiger partial charge in [-0.2, -0.15) is 0 Å². The first-order chi connectivity index (χ1) is 7.78. The molecule has 0 aromatic heterocycles. The molecule has 0 radical (unpaired) electrons. The highest BCUT2D eigenvalue weighted by Crippen LogP contribution is 2.32. The maximum absolute atomic E-state index is 3.88. The van der Waals surface area contributed by atoms with Crippen LogP contribution in [-0.2, 0) is 0 Å². The van der Waals surface area contributed by atoms with Crippen LogP contribution in [0.25, 0.3) is 6.08 Å². The minimum absolute atomic E-state index is 0.743. The summed E-state index contributed by atoms with van der Waals surface area (Å²) in [6.07, 6.45) is 10.7. The Hall–Kier alpha value is -1.30. The van der Waals surface area contributed by atoms with E-state index in [1.54, 1.807) is 0 Å². The van der Waals surface area contributed by atoms with E-state index in [4.69, 9.17) is 0 Å². The van der Waals surface area contributed by atoms with Crippen LogP contribution < -0.4 is 0 Å². The zero-order valence-corrected chi connectivity index (χ0v) is 10.0. The van der Waals surface area contributed by atoms with E-state index < -0.39 is 0 Å². The Morgan fingerprint density at radius 2 is 1.81 bits per heavy atom. The van der Waals surface area contributed by atoms with Crippen LogP contribution >= 0.6 is 0 Å². The molecule has 0 saturated heterocycles. The molecule has 0 aliphatic heterocycles. The summed E-state index contributed by atoms with van der Waals surface area (Å²) < 4.78 is 0. The van der Waals surface area contributed by atoms with E-state index in [9.17, 15) is 0 Å². The summed E-state index contributed by atoms with van der Waals surface area (Å²) in [6, 6.07) is 8.71. The monoisotopic (exact) mass is 212 g/mol. The molecule has 1 fully saturated rings. The molecule has 0 spiro atoms. The minimum Gasteiger partial charge on any atom is -0.103 e. The summed E-state index contributed by atoms with van der Waals surface area (Å²) in [5, 5.41) is 0. The molecule has 1 aliphatic rings. The lowest BCUT2D eigenvalue weighted by atomic mass is 10.0. The van der Waals surface area contributed by atoms with Gasteiger partial charge in [-0.25, -0.2) is 0 Å².